The lowest BCUT2D eigenvalue weighted by Gasteiger charge is -2.38. The lowest BCUT2D eigenvalue weighted by Crippen LogP contribution is -2.38. The summed E-state index contributed by atoms with van der Waals surface area (Å²) >= 11 is 0. The molecule has 0 saturated heterocycles. The molecule has 1 unspecified atom stereocenters. The Balaban J connectivity index is 1.69. The van der Waals surface area contributed by atoms with Gasteiger partial charge in [-0.3, -0.25) is 14.4 Å². The fourth-order valence-electron chi connectivity index (χ4n) is 4.07. The first-order chi connectivity index (χ1) is 15.4. The monoisotopic (exact) mass is 488 g/mol. The number of hydrogen-bond acceptors (Lipinski definition) is 4. The van der Waals surface area contributed by atoms with Crippen LogP contribution in [0.3, 0.4) is 0 Å². The van der Waals surface area contributed by atoms with E-state index in [1.165, 1.54) is 6.20 Å². The Morgan fingerprint density at radius 3 is 2.27 bits per heavy atom. The molecule has 6 nitrogen and oxygen atoms in total. The standard InChI is InChI=1S/C20H14F6N4O2S/c21-19(22,23)11-3-5-15-13(7-11)17-14(9-28-29-17)18(10-1-2-10)30(15)33(31,32)12-4-6-16(27-8-12)20(24,25)26/h3-10,18H,1-2H2,(H,28,29). The predicted octanol–water partition coefficient (Wildman–Crippen LogP) is 5.17. The first-order valence-electron chi connectivity index (χ1n) is 9.71. The molecule has 1 aliphatic carbocycles. The number of rotatable bonds is 3. The first kappa shape index (κ1) is 21.7. The van der Waals surface area contributed by atoms with Crippen LogP contribution in [0.2, 0.25) is 0 Å². The number of nitrogens with zero attached hydrogens (tertiary/aromatic N) is 3. The van der Waals surface area contributed by atoms with E-state index in [0.717, 1.165) is 28.6 Å². The zero-order valence-electron chi connectivity index (χ0n) is 16.4. The van der Waals surface area contributed by atoms with Crippen molar-refractivity contribution in [1.82, 2.24) is 15.2 Å². The van der Waals surface area contributed by atoms with Crippen LogP contribution in [0, 0.1) is 5.92 Å². The largest absolute Gasteiger partial charge is 0.433 e. The minimum atomic E-state index is -4.75. The highest BCUT2D eigenvalue weighted by Crippen LogP contribution is 2.55. The lowest BCUT2D eigenvalue weighted by molar-refractivity contribution is -0.141. The van der Waals surface area contributed by atoms with E-state index in [1.807, 2.05) is 0 Å². The minimum Gasteiger partial charge on any atom is -0.277 e. The number of halogens is 6. The highest BCUT2D eigenvalue weighted by atomic mass is 32.2. The number of benzene rings is 1. The summed E-state index contributed by atoms with van der Waals surface area (Å²) in [7, 11) is -4.48. The third-order valence-electron chi connectivity index (χ3n) is 5.72. The van der Waals surface area contributed by atoms with Gasteiger partial charge in [0.2, 0.25) is 0 Å². The Morgan fingerprint density at radius 1 is 0.970 bits per heavy atom. The maximum absolute atomic E-state index is 13.6. The number of H-pyrrole nitrogens is 1. The Kier molecular flexibility index (Phi) is 4.58. The van der Waals surface area contributed by atoms with Gasteiger partial charge in [0.05, 0.1) is 29.2 Å². The van der Waals surface area contributed by atoms with E-state index >= 15 is 0 Å². The summed E-state index contributed by atoms with van der Waals surface area (Å²) < 4.78 is 107. The Labute approximate surface area is 183 Å². The summed E-state index contributed by atoms with van der Waals surface area (Å²) in [5, 5.41) is 6.58. The molecule has 13 heteroatoms. The molecule has 0 amide bonds. The van der Waals surface area contributed by atoms with E-state index in [4.69, 9.17) is 0 Å². The average Bonchev–Trinajstić information content (AvgIpc) is 3.46. The zero-order chi connectivity index (χ0) is 23.8. The van der Waals surface area contributed by atoms with Crippen molar-refractivity contribution in [1.29, 1.82) is 0 Å². The molecular formula is C20H14F6N4O2S. The van der Waals surface area contributed by atoms with Crippen molar-refractivity contribution in [3.63, 3.8) is 0 Å². The van der Waals surface area contributed by atoms with Crippen LogP contribution >= 0.6 is 0 Å². The smallest absolute Gasteiger partial charge is 0.277 e. The van der Waals surface area contributed by atoms with Crippen molar-refractivity contribution < 1.29 is 34.8 Å². The summed E-state index contributed by atoms with van der Waals surface area (Å²) in [5.41, 5.74) is -1.57. The number of fused-ring (bicyclic) bond motifs is 3. The molecular weight excluding hydrogens is 474 g/mol. The van der Waals surface area contributed by atoms with E-state index in [2.05, 4.69) is 15.2 Å². The second-order valence-corrected chi connectivity index (χ2v) is 9.70. The van der Waals surface area contributed by atoms with Gasteiger partial charge in [0.15, 0.2) is 0 Å². The number of aromatic nitrogens is 3. The number of nitrogens with one attached hydrogen (secondary N) is 1. The molecule has 1 saturated carbocycles. The molecule has 2 aliphatic rings. The van der Waals surface area contributed by atoms with Crippen LogP contribution in [0.25, 0.3) is 11.3 Å². The van der Waals surface area contributed by atoms with Crippen molar-refractivity contribution in [2.45, 2.75) is 36.1 Å². The van der Waals surface area contributed by atoms with Crippen molar-refractivity contribution >= 4 is 15.7 Å². The van der Waals surface area contributed by atoms with E-state index in [-0.39, 0.29) is 22.9 Å². The van der Waals surface area contributed by atoms with Gasteiger partial charge < -0.3 is 0 Å². The molecule has 3 heterocycles. The summed E-state index contributed by atoms with van der Waals surface area (Å²) in [6.07, 6.45) is -6.07. The van der Waals surface area contributed by atoms with Crippen LogP contribution in [-0.4, -0.2) is 23.6 Å². The predicted molar refractivity (Wildman–Crippen MR) is 103 cm³/mol. The van der Waals surface area contributed by atoms with E-state index in [1.54, 1.807) is 0 Å². The van der Waals surface area contributed by atoms with Gasteiger partial charge in [-0.05, 0) is 49.1 Å². The van der Waals surface area contributed by atoms with Crippen LogP contribution in [0.4, 0.5) is 32.0 Å². The third-order valence-corrected chi connectivity index (χ3v) is 7.50. The van der Waals surface area contributed by atoms with Gasteiger partial charge in [-0.25, -0.2) is 8.42 Å². The number of sulfonamides is 1. The van der Waals surface area contributed by atoms with Gasteiger partial charge in [-0.15, -0.1) is 0 Å². The summed E-state index contributed by atoms with van der Waals surface area (Å²) in [4.78, 5) is 2.73. The maximum Gasteiger partial charge on any atom is 0.433 e. The molecule has 33 heavy (non-hydrogen) atoms. The molecule has 0 bridgehead atoms. The van der Waals surface area contributed by atoms with Crippen molar-refractivity contribution in [2.75, 3.05) is 4.31 Å². The second-order valence-electron chi connectivity index (χ2n) is 7.89. The SMILES string of the molecule is O=S(=O)(c1ccc(C(F)(F)F)nc1)N1c2ccc(C(F)(F)F)cc2-c2[nH]ncc2C1C1CC1. The first-order valence-corrected chi connectivity index (χ1v) is 11.2. The lowest BCUT2D eigenvalue weighted by atomic mass is 9.92. The molecule has 5 rings (SSSR count). The van der Waals surface area contributed by atoms with Crippen LogP contribution in [-0.2, 0) is 22.4 Å². The molecule has 3 aromatic rings. The topological polar surface area (TPSA) is 79.0 Å². The number of anilines is 1. The Bertz CT molecular complexity index is 1330. The highest BCUT2D eigenvalue weighted by Gasteiger charge is 2.48. The van der Waals surface area contributed by atoms with Gasteiger partial charge in [-0.1, -0.05) is 0 Å². The van der Waals surface area contributed by atoms with Crippen LogP contribution in [0.5, 0.6) is 0 Å². The highest BCUT2D eigenvalue weighted by molar-refractivity contribution is 7.92. The van der Waals surface area contributed by atoms with Crippen molar-refractivity contribution in [3.05, 3.63) is 59.5 Å². The fraction of sp³-hybridized carbons (Fsp3) is 0.300. The number of aromatic amines is 1. The minimum absolute atomic E-state index is 0.0160. The van der Waals surface area contributed by atoms with Gasteiger partial charge in [0, 0.05) is 17.3 Å². The van der Waals surface area contributed by atoms with E-state index in [0.29, 0.717) is 30.7 Å². The van der Waals surface area contributed by atoms with Crippen molar-refractivity contribution in [3.8, 4) is 11.3 Å². The maximum atomic E-state index is 13.6. The molecule has 0 spiro atoms. The van der Waals surface area contributed by atoms with Crippen LogP contribution in [0.1, 0.15) is 35.7 Å². The van der Waals surface area contributed by atoms with Crippen LogP contribution < -0.4 is 4.31 Å². The van der Waals surface area contributed by atoms with Gasteiger partial charge in [0.1, 0.15) is 10.6 Å². The molecule has 1 aromatic carbocycles. The average molecular weight is 488 g/mol. The normalized spacial score (nSPS) is 18.7. The molecule has 1 aliphatic heterocycles. The van der Waals surface area contributed by atoms with E-state index in [9.17, 15) is 34.8 Å². The van der Waals surface area contributed by atoms with Gasteiger partial charge in [0.25, 0.3) is 10.0 Å². The molecule has 174 valence electrons. The quantitative estimate of drug-likeness (QED) is 0.516. The number of pyridine rings is 1. The Hall–Kier alpha value is -3.09. The molecule has 0 radical (unpaired) electrons. The fourth-order valence-corrected chi connectivity index (χ4v) is 5.72. The van der Waals surface area contributed by atoms with Gasteiger partial charge in [-0.2, -0.15) is 31.4 Å². The zero-order valence-corrected chi connectivity index (χ0v) is 17.3. The molecule has 2 aromatic heterocycles. The Morgan fingerprint density at radius 2 is 1.70 bits per heavy atom. The number of alkyl halides is 6. The summed E-state index contributed by atoms with van der Waals surface area (Å²) in [6, 6.07) is 3.26. The van der Waals surface area contributed by atoms with E-state index < -0.39 is 44.6 Å². The summed E-state index contributed by atoms with van der Waals surface area (Å²) in [6.45, 7) is 0. The van der Waals surface area contributed by atoms with Gasteiger partial charge >= 0.3 is 12.4 Å². The molecule has 1 N–H and O–H groups in total. The second kappa shape index (κ2) is 6.95. The van der Waals surface area contributed by atoms with Crippen LogP contribution in [0.15, 0.2) is 47.6 Å². The molecule has 1 atom stereocenters. The third kappa shape index (κ3) is 3.54. The summed E-state index contributed by atoms with van der Waals surface area (Å²) in [5.74, 6) is -0.117. The number of hydrogen-bond donors (Lipinski definition) is 1. The molecule has 1 fully saturated rings. The van der Waals surface area contributed by atoms with Crippen molar-refractivity contribution in [2.24, 2.45) is 5.92 Å².